The molecule has 4 heteroatoms. The van der Waals surface area contributed by atoms with Crippen molar-refractivity contribution in [3.63, 3.8) is 0 Å². The van der Waals surface area contributed by atoms with Crippen LogP contribution >= 0.6 is 0 Å². The van der Waals surface area contributed by atoms with Crippen LogP contribution in [0.2, 0.25) is 0 Å². The van der Waals surface area contributed by atoms with Gasteiger partial charge in [0.2, 0.25) is 5.91 Å². The molecule has 1 amide bonds. The molecule has 2 fully saturated rings. The summed E-state index contributed by atoms with van der Waals surface area (Å²) in [4.78, 5) is 14.9. The van der Waals surface area contributed by atoms with Crippen molar-refractivity contribution in [1.82, 2.24) is 15.5 Å². The van der Waals surface area contributed by atoms with Crippen LogP contribution in [-0.4, -0.2) is 50.1 Å². The van der Waals surface area contributed by atoms with Crippen LogP contribution in [0, 0.1) is 5.41 Å². The Hall–Kier alpha value is -0.610. The van der Waals surface area contributed by atoms with E-state index in [1.54, 1.807) is 0 Å². The number of likely N-dealkylation sites (tertiary alicyclic amines) is 1. The van der Waals surface area contributed by atoms with Gasteiger partial charge in [-0.25, -0.2) is 0 Å². The number of amides is 1. The fraction of sp³-hybridized carbons (Fsp3) is 0.933. The third-order valence-electron chi connectivity index (χ3n) is 4.88. The molecule has 2 N–H and O–H groups in total. The molecule has 0 spiro atoms. The lowest BCUT2D eigenvalue weighted by Crippen LogP contribution is -2.49. The van der Waals surface area contributed by atoms with Crippen molar-refractivity contribution >= 4 is 5.91 Å². The minimum Gasteiger partial charge on any atom is -0.354 e. The van der Waals surface area contributed by atoms with Gasteiger partial charge in [0.25, 0.3) is 0 Å². The molecule has 2 saturated heterocycles. The van der Waals surface area contributed by atoms with Crippen LogP contribution in [0.4, 0.5) is 0 Å². The SMILES string of the molecule is CCC1(C(=O)NCCN2CCCCC2)CCNCC1. The van der Waals surface area contributed by atoms with Crippen LogP contribution in [-0.2, 0) is 4.79 Å². The molecule has 19 heavy (non-hydrogen) atoms. The van der Waals surface area contributed by atoms with Crippen molar-refractivity contribution < 1.29 is 4.79 Å². The lowest BCUT2D eigenvalue weighted by Gasteiger charge is -2.35. The zero-order chi connectivity index (χ0) is 13.6. The van der Waals surface area contributed by atoms with Crippen molar-refractivity contribution in [2.24, 2.45) is 5.41 Å². The van der Waals surface area contributed by atoms with E-state index in [-0.39, 0.29) is 11.3 Å². The van der Waals surface area contributed by atoms with Gasteiger partial charge in [0.1, 0.15) is 0 Å². The van der Waals surface area contributed by atoms with E-state index in [9.17, 15) is 4.79 Å². The summed E-state index contributed by atoms with van der Waals surface area (Å²) in [7, 11) is 0. The van der Waals surface area contributed by atoms with Crippen molar-refractivity contribution in [2.45, 2.75) is 45.4 Å². The molecule has 4 nitrogen and oxygen atoms in total. The van der Waals surface area contributed by atoms with Gasteiger partial charge in [-0.3, -0.25) is 4.79 Å². The monoisotopic (exact) mass is 267 g/mol. The predicted molar refractivity (Wildman–Crippen MR) is 78.1 cm³/mol. The highest BCUT2D eigenvalue weighted by atomic mass is 16.2. The number of carbonyl (C=O) groups excluding carboxylic acids is 1. The summed E-state index contributed by atoms with van der Waals surface area (Å²) < 4.78 is 0. The van der Waals surface area contributed by atoms with Crippen LogP contribution in [0.3, 0.4) is 0 Å². The van der Waals surface area contributed by atoms with E-state index in [1.807, 2.05) is 0 Å². The van der Waals surface area contributed by atoms with Gasteiger partial charge in [0.05, 0.1) is 5.41 Å². The molecule has 0 aromatic rings. The maximum Gasteiger partial charge on any atom is 0.226 e. The molecule has 0 bridgehead atoms. The summed E-state index contributed by atoms with van der Waals surface area (Å²) in [5.41, 5.74) is -0.104. The molecule has 2 aliphatic heterocycles. The Morgan fingerprint density at radius 3 is 2.53 bits per heavy atom. The Kier molecular flexibility index (Phi) is 5.64. The number of hydrogen-bond acceptors (Lipinski definition) is 3. The first-order valence-corrected chi connectivity index (χ1v) is 7.98. The number of piperidine rings is 2. The number of hydrogen-bond donors (Lipinski definition) is 2. The Balaban J connectivity index is 1.73. The van der Waals surface area contributed by atoms with Crippen LogP contribution < -0.4 is 10.6 Å². The number of rotatable bonds is 5. The molecule has 110 valence electrons. The van der Waals surface area contributed by atoms with Crippen molar-refractivity contribution in [2.75, 3.05) is 39.3 Å². The summed E-state index contributed by atoms with van der Waals surface area (Å²) >= 11 is 0. The topological polar surface area (TPSA) is 44.4 Å². The molecule has 2 heterocycles. The molecular weight excluding hydrogens is 238 g/mol. The lowest BCUT2D eigenvalue weighted by atomic mass is 9.76. The largest absolute Gasteiger partial charge is 0.354 e. The van der Waals surface area contributed by atoms with Gasteiger partial charge < -0.3 is 15.5 Å². The Morgan fingerprint density at radius 1 is 1.21 bits per heavy atom. The fourth-order valence-corrected chi connectivity index (χ4v) is 3.34. The van der Waals surface area contributed by atoms with E-state index in [1.165, 1.54) is 32.4 Å². The van der Waals surface area contributed by atoms with Crippen LogP contribution in [0.15, 0.2) is 0 Å². The zero-order valence-electron chi connectivity index (χ0n) is 12.3. The van der Waals surface area contributed by atoms with E-state index in [0.29, 0.717) is 0 Å². The Labute approximate surface area is 117 Å². The highest BCUT2D eigenvalue weighted by molar-refractivity contribution is 5.82. The normalized spacial score (nSPS) is 24.1. The molecule has 0 unspecified atom stereocenters. The van der Waals surface area contributed by atoms with Gasteiger partial charge in [0.15, 0.2) is 0 Å². The third kappa shape index (κ3) is 3.93. The summed E-state index contributed by atoms with van der Waals surface area (Å²) in [6.45, 7) is 8.35. The summed E-state index contributed by atoms with van der Waals surface area (Å²) in [6, 6.07) is 0. The van der Waals surface area contributed by atoms with E-state index in [0.717, 1.165) is 45.4 Å². The highest BCUT2D eigenvalue weighted by Crippen LogP contribution is 2.32. The van der Waals surface area contributed by atoms with Gasteiger partial charge in [-0.2, -0.15) is 0 Å². The van der Waals surface area contributed by atoms with Gasteiger partial charge >= 0.3 is 0 Å². The molecule has 0 atom stereocenters. The van der Waals surface area contributed by atoms with Crippen LogP contribution in [0.1, 0.15) is 45.4 Å². The van der Waals surface area contributed by atoms with Crippen LogP contribution in [0.25, 0.3) is 0 Å². The van der Waals surface area contributed by atoms with E-state index in [4.69, 9.17) is 0 Å². The van der Waals surface area contributed by atoms with Gasteiger partial charge in [-0.05, 0) is 58.3 Å². The van der Waals surface area contributed by atoms with Crippen molar-refractivity contribution in [1.29, 1.82) is 0 Å². The number of nitrogens with one attached hydrogen (secondary N) is 2. The Bertz CT molecular complexity index is 281. The zero-order valence-corrected chi connectivity index (χ0v) is 12.3. The molecule has 0 aliphatic carbocycles. The summed E-state index contributed by atoms with van der Waals surface area (Å²) in [5.74, 6) is 0.286. The fourth-order valence-electron chi connectivity index (χ4n) is 3.34. The molecular formula is C15H29N3O. The van der Waals surface area contributed by atoms with Gasteiger partial charge in [-0.15, -0.1) is 0 Å². The van der Waals surface area contributed by atoms with Gasteiger partial charge in [0, 0.05) is 13.1 Å². The maximum absolute atomic E-state index is 12.4. The second-order valence-electron chi connectivity index (χ2n) is 6.04. The molecule has 2 aliphatic rings. The second kappa shape index (κ2) is 7.25. The van der Waals surface area contributed by atoms with Gasteiger partial charge in [-0.1, -0.05) is 13.3 Å². The minimum atomic E-state index is -0.104. The molecule has 0 radical (unpaired) electrons. The average molecular weight is 267 g/mol. The van der Waals surface area contributed by atoms with Crippen LogP contribution in [0.5, 0.6) is 0 Å². The summed E-state index contributed by atoms with van der Waals surface area (Å²) in [6.07, 6.45) is 6.94. The van der Waals surface area contributed by atoms with Crippen molar-refractivity contribution in [3.8, 4) is 0 Å². The quantitative estimate of drug-likeness (QED) is 0.791. The molecule has 0 saturated carbocycles. The number of nitrogens with zero attached hydrogens (tertiary/aromatic N) is 1. The Morgan fingerprint density at radius 2 is 1.89 bits per heavy atom. The van der Waals surface area contributed by atoms with E-state index >= 15 is 0 Å². The standard InChI is InChI=1S/C15H29N3O/c1-2-15(6-8-16-9-7-15)14(19)17-10-13-18-11-4-3-5-12-18/h16H,2-13H2,1H3,(H,17,19). The minimum absolute atomic E-state index is 0.104. The predicted octanol–water partition coefficient (Wildman–Crippen LogP) is 1.37. The average Bonchev–Trinajstić information content (AvgIpc) is 2.49. The van der Waals surface area contributed by atoms with Crippen molar-refractivity contribution in [3.05, 3.63) is 0 Å². The first kappa shape index (κ1) is 14.8. The number of carbonyl (C=O) groups is 1. The summed E-state index contributed by atoms with van der Waals surface area (Å²) in [5, 5.41) is 6.53. The first-order chi connectivity index (χ1) is 9.27. The van der Waals surface area contributed by atoms with E-state index in [2.05, 4.69) is 22.5 Å². The van der Waals surface area contributed by atoms with E-state index < -0.39 is 0 Å². The first-order valence-electron chi connectivity index (χ1n) is 7.98. The highest BCUT2D eigenvalue weighted by Gasteiger charge is 2.37. The second-order valence-corrected chi connectivity index (χ2v) is 6.04. The molecule has 2 rings (SSSR count). The molecule has 0 aromatic carbocycles. The molecule has 0 aromatic heterocycles. The lowest BCUT2D eigenvalue weighted by molar-refractivity contribution is -0.132. The maximum atomic E-state index is 12.4. The smallest absolute Gasteiger partial charge is 0.226 e. The third-order valence-corrected chi connectivity index (χ3v) is 4.88.